The van der Waals surface area contributed by atoms with Gasteiger partial charge in [-0.1, -0.05) is 24.3 Å². The van der Waals surface area contributed by atoms with Crippen LogP contribution in [0.25, 0.3) is 23.0 Å². The molecule has 0 unspecified atom stereocenters. The molecule has 174 valence electrons. The smallest absolute Gasteiger partial charge is 0.268 e. The molecule has 4 aromatic rings. The van der Waals surface area contributed by atoms with Gasteiger partial charge >= 0.3 is 0 Å². The van der Waals surface area contributed by atoms with Gasteiger partial charge in [0.2, 0.25) is 5.89 Å². The lowest BCUT2D eigenvalue weighted by molar-refractivity contribution is 0.0736. The summed E-state index contributed by atoms with van der Waals surface area (Å²) in [6.07, 6.45) is 1.64. The summed E-state index contributed by atoms with van der Waals surface area (Å²) in [6, 6.07) is 12.8. The van der Waals surface area contributed by atoms with Gasteiger partial charge in [-0.2, -0.15) is 0 Å². The topological polar surface area (TPSA) is 88.3 Å². The molecule has 1 aliphatic heterocycles. The molecule has 2 aromatic heterocycles. The van der Waals surface area contributed by atoms with E-state index >= 15 is 0 Å². The van der Waals surface area contributed by atoms with Crippen LogP contribution in [0.1, 0.15) is 17.5 Å². The molecule has 5 rings (SSSR count). The van der Waals surface area contributed by atoms with Crippen LogP contribution in [0.4, 0.5) is 14.6 Å². The molecule has 0 spiro atoms. The summed E-state index contributed by atoms with van der Waals surface area (Å²) in [4.78, 5) is 25.1. The lowest BCUT2D eigenvalue weighted by atomic mass is 10.1. The van der Waals surface area contributed by atoms with Gasteiger partial charge in [0.1, 0.15) is 23.0 Å². The van der Waals surface area contributed by atoms with Gasteiger partial charge in [0.05, 0.1) is 11.9 Å². The maximum absolute atomic E-state index is 14.0. The first-order valence-corrected chi connectivity index (χ1v) is 10.7. The third-order valence-electron chi connectivity index (χ3n) is 5.66. The predicted molar refractivity (Wildman–Crippen MR) is 122 cm³/mol. The van der Waals surface area contributed by atoms with Crippen molar-refractivity contribution < 1.29 is 19.4 Å². The second-order valence-electron chi connectivity index (χ2n) is 7.82. The summed E-state index contributed by atoms with van der Waals surface area (Å²) < 4.78 is 33.9. The highest BCUT2D eigenvalue weighted by Gasteiger charge is 2.27. The minimum Gasteiger partial charge on any atom is -0.415 e. The van der Waals surface area contributed by atoms with Crippen molar-refractivity contribution in [2.24, 2.45) is 0 Å². The summed E-state index contributed by atoms with van der Waals surface area (Å²) in [5, 5.41) is 8.25. The lowest BCUT2D eigenvalue weighted by Crippen LogP contribution is -2.49. The van der Waals surface area contributed by atoms with E-state index in [4.69, 9.17) is 4.42 Å². The molecule has 8 nitrogen and oxygen atoms in total. The Morgan fingerprint density at radius 3 is 2.32 bits per heavy atom. The molecule has 0 bridgehead atoms. The zero-order chi connectivity index (χ0) is 23.7. The molecule has 0 radical (unpaired) electrons. The number of piperazine rings is 1. The van der Waals surface area contributed by atoms with Crippen LogP contribution in [-0.2, 0) is 0 Å². The molecular weight excluding hydrogens is 442 g/mol. The molecule has 0 aliphatic carbocycles. The summed E-state index contributed by atoms with van der Waals surface area (Å²) in [6.45, 7) is 3.24. The first-order valence-electron chi connectivity index (χ1n) is 10.7. The van der Waals surface area contributed by atoms with Gasteiger partial charge in [-0.25, -0.2) is 13.8 Å². The molecule has 1 fully saturated rings. The van der Waals surface area contributed by atoms with Gasteiger partial charge in [0.25, 0.3) is 11.8 Å². The fraction of sp³-hybridized carbons (Fsp3) is 0.208. The summed E-state index contributed by atoms with van der Waals surface area (Å²) in [5.41, 5.74) is 1.38. The number of benzene rings is 2. The molecule has 1 saturated heterocycles. The summed E-state index contributed by atoms with van der Waals surface area (Å²) in [7, 11) is 0. The average molecular weight is 464 g/mol. The molecule has 0 N–H and O–H groups in total. The van der Waals surface area contributed by atoms with E-state index in [0.717, 1.165) is 17.7 Å². The Balaban J connectivity index is 0.00000289. The van der Waals surface area contributed by atoms with E-state index in [2.05, 4.69) is 20.2 Å². The number of hydrogen-bond acceptors (Lipinski definition) is 7. The van der Waals surface area contributed by atoms with E-state index in [1.807, 2.05) is 35.2 Å². The Kier molecular flexibility index (Phi) is 5.70. The fourth-order valence-corrected chi connectivity index (χ4v) is 3.81. The molecule has 2 aromatic carbocycles. The van der Waals surface area contributed by atoms with E-state index in [9.17, 15) is 13.6 Å². The standard InChI is InChI=1S/C24H20F2N6O2.H2/c1-15-21(23-30-29-22(34-23)16-6-3-2-4-7-16)28-19(14-27-15)31-10-12-32(13-11-31)24(33)20-17(25)8-5-9-18(20)26;/h2-9,14H,10-13H2,1H3;1H. The Labute approximate surface area is 195 Å². The van der Waals surface area contributed by atoms with Crippen LogP contribution >= 0.6 is 0 Å². The number of halogens is 2. The van der Waals surface area contributed by atoms with Crippen LogP contribution in [-0.4, -0.2) is 57.2 Å². The Bertz CT molecular complexity index is 1320. The highest BCUT2D eigenvalue weighted by Crippen LogP contribution is 2.26. The van der Waals surface area contributed by atoms with Gasteiger partial charge in [0, 0.05) is 33.2 Å². The van der Waals surface area contributed by atoms with Crippen molar-refractivity contribution in [1.29, 1.82) is 0 Å². The van der Waals surface area contributed by atoms with Crippen molar-refractivity contribution in [3.05, 3.63) is 77.6 Å². The van der Waals surface area contributed by atoms with Gasteiger partial charge in [-0.05, 0) is 31.2 Å². The number of aromatic nitrogens is 4. The normalized spacial score (nSPS) is 13.9. The van der Waals surface area contributed by atoms with Crippen LogP contribution < -0.4 is 4.90 Å². The number of rotatable bonds is 4. The maximum Gasteiger partial charge on any atom is 0.268 e. The number of nitrogens with zero attached hydrogens (tertiary/aromatic N) is 6. The molecular formula is C24H22F2N6O2. The van der Waals surface area contributed by atoms with E-state index in [1.54, 1.807) is 13.1 Å². The van der Waals surface area contributed by atoms with Gasteiger partial charge in [0.15, 0.2) is 5.69 Å². The van der Waals surface area contributed by atoms with E-state index in [-0.39, 0.29) is 20.4 Å². The molecule has 0 saturated carbocycles. The van der Waals surface area contributed by atoms with E-state index < -0.39 is 23.1 Å². The largest absolute Gasteiger partial charge is 0.415 e. The van der Waals surface area contributed by atoms with Crippen molar-refractivity contribution in [2.45, 2.75) is 6.92 Å². The third kappa shape index (κ3) is 4.09. The predicted octanol–water partition coefficient (Wildman–Crippen LogP) is 3.99. The second kappa shape index (κ2) is 8.97. The Morgan fingerprint density at radius 2 is 1.62 bits per heavy atom. The number of anilines is 1. The van der Waals surface area contributed by atoms with Crippen LogP contribution in [0, 0.1) is 18.6 Å². The monoisotopic (exact) mass is 464 g/mol. The molecule has 34 heavy (non-hydrogen) atoms. The maximum atomic E-state index is 14.0. The van der Waals surface area contributed by atoms with Crippen molar-refractivity contribution in [3.8, 4) is 23.0 Å². The Hall–Kier alpha value is -4.21. The minimum absolute atomic E-state index is 0. The van der Waals surface area contributed by atoms with Gasteiger partial charge in [-0.15, -0.1) is 10.2 Å². The summed E-state index contributed by atoms with van der Waals surface area (Å²) in [5.74, 6) is -1.16. The number of hydrogen-bond donors (Lipinski definition) is 0. The average Bonchev–Trinajstić information content (AvgIpc) is 3.35. The number of carbonyl (C=O) groups excluding carboxylic acids is 1. The van der Waals surface area contributed by atoms with Crippen LogP contribution in [0.5, 0.6) is 0 Å². The molecule has 0 atom stereocenters. The quantitative estimate of drug-likeness (QED) is 0.451. The van der Waals surface area contributed by atoms with Crippen LogP contribution in [0.3, 0.4) is 0 Å². The molecule has 1 amide bonds. The van der Waals surface area contributed by atoms with Crippen LogP contribution in [0.15, 0.2) is 59.1 Å². The number of carbonyl (C=O) groups is 1. The van der Waals surface area contributed by atoms with Crippen LogP contribution in [0.2, 0.25) is 0 Å². The zero-order valence-corrected chi connectivity index (χ0v) is 18.3. The van der Waals surface area contributed by atoms with Crippen molar-refractivity contribution in [3.63, 3.8) is 0 Å². The summed E-state index contributed by atoms with van der Waals surface area (Å²) >= 11 is 0. The Morgan fingerprint density at radius 1 is 0.941 bits per heavy atom. The SMILES string of the molecule is Cc1ncc(N2CCN(C(=O)c3c(F)cccc3F)CC2)nc1-c1nnc(-c2ccccc2)o1.[HH]. The zero-order valence-electron chi connectivity index (χ0n) is 18.3. The highest BCUT2D eigenvalue weighted by atomic mass is 19.1. The first-order chi connectivity index (χ1) is 16.5. The van der Waals surface area contributed by atoms with Gasteiger partial charge in [-0.3, -0.25) is 9.78 Å². The third-order valence-corrected chi connectivity index (χ3v) is 5.66. The van der Waals surface area contributed by atoms with Crippen molar-refractivity contribution in [2.75, 3.05) is 31.1 Å². The molecule has 10 heteroatoms. The van der Waals surface area contributed by atoms with E-state index in [0.29, 0.717) is 36.2 Å². The minimum atomic E-state index is -0.865. The van der Waals surface area contributed by atoms with Crippen molar-refractivity contribution >= 4 is 11.7 Å². The second-order valence-corrected chi connectivity index (χ2v) is 7.82. The van der Waals surface area contributed by atoms with E-state index in [1.165, 1.54) is 11.0 Å². The number of amides is 1. The fourth-order valence-electron chi connectivity index (χ4n) is 3.81. The highest BCUT2D eigenvalue weighted by molar-refractivity contribution is 5.95. The lowest BCUT2D eigenvalue weighted by Gasteiger charge is -2.35. The molecule has 3 heterocycles. The van der Waals surface area contributed by atoms with Gasteiger partial charge < -0.3 is 14.2 Å². The first kappa shape index (κ1) is 21.6. The molecule has 1 aliphatic rings. The number of aryl methyl sites for hydroxylation is 1. The van der Waals surface area contributed by atoms with Crippen molar-refractivity contribution in [1.82, 2.24) is 25.1 Å².